The van der Waals surface area contributed by atoms with Crippen molar-refractivity contribution in [2.24, 2.45) is 0 Å². The van der Waals surface area contributed by atoms with Crippen LogP contribution in [-0.4, -0.2) is 62.2 Å². The summed E-state index contributed by atoms with van der Waals surface area (Å²) in [6.45, 7) is 6.09. The molecule has 0 bridgehead atoms. The van der Waals surface area contributed by atoms with Gasteiger partial charge in [0.15, 0.2) is 6.54 Å². The minimum atomic E-state index is -4.29. The highest BCUT2D eigenvalue weighted by atomic mass is 32.2. The zero-order valence-electron chi connectivity index (χ0n) is 27.9. The summed E-state index contributed by atoms with van der Waals surface area (Å²) in [6.07, 6.45) is 8.83. The van der Waals surface area contributed by atoms with E-state index in [0.29, 0.717) is 26.1 Å². The maximum Gasteiger partial charge on any atom is 0.283 e. The van der Waals surface area contributed by atoms with Crippen molar-refractivity contribution in [3.63, 3.8) is 0 Å². The molecular formula is C36H43N3O6S4. The van der Waals surface area contributed by atoms with E-state index in [4.69, 9.17) is 4.28 Å². The number of hydrogen-bond donors (Lipinski definition) is 1. The molecule has 0 radical (unpaired) electrons. The molecule has 1 saturated heterocycles. The number of aromatic nitrogens is 1. The molecule has 1 aromatic heterocycles. The van der Waals surface area contributed by atoms with E-state index in [9.17, 15) is 21.4 Å². The van der Waals surface area contributed by atoms with Crippen molar-refractivity contribution in [1.29, 1.82) is 0 Å². The third kappa shape index (κ3) is 8.76. The number of hydrogen-bond acceptors (Lipinski definition) is 10. The molecule has 6 rings (SSSR count). The molecular weight excluding hydrogens is 699 g/mol. The molecule has 1 fully saturated rings. The fourth-order valence-electron chi connectivity index (χ4n) is 6.84. The minimum Gasteiger partial charge on any atom is -0.748 e. The van der Waals surface area contributed by atoms with Crippen molar-refractivity contribution < 1.29 is 30.2 Å². The predicted octanol–water partition coefficient (Wildman–Crippen LogP) is 6.15. The molecule has 49 heavy (non-hydrogen) atoms. The first-order valence-electron chi connectivity index (χ1n) is 16.8. The molecule has 1 N–H and O–H groups in total. The Bertz CT molecular complexity index is 2110. The van der Waals surface area contributed by atoms with Crippen molar-refractivity contribution in [3.05, 3.63) is 93.5 Å². The van der Waals surface area contributed by atoms with Crippen LogP contribution < -0.4 is 10.0 Å². The maximum atomic E-state index is 12.5. The third-order valence-corrected chi connectivity index (χ3v) is 13.7. The van der Waals surface area contributed by atoms with Gasteiger partial charge in [-0.1, -0.05) is 85.5 Å². The van der Waals surface area contributed by atoms with Crippen LogP contribution in [0.25, 0.3) is 27.1 Å². The number of benzene rings is 3. The van der Waals surface area contributed by atoms with Gasteiger partial charge in [-0.05, 0) is 72.4 Å². The standard InChI is InChI=1S/C36H43N3O6S4/c1-3-27(23-33-38(19-9-21-48(40,41)42)26-36(47-33)18-17-28-11-5-6-13-30(28)25-36)24-34-39(20-10-22-49(43,44)45-37-4-2)35-31-14-8-7-12-29(31)15-16-32(35)46-34/h5-8,11-16,23-24,37H,3-4,9-10,17-22,25-26H2,1-2H3. The number of nitrogens with one attached hydrogen (secondary N) is 1. The van der Waals surface area contributed by atoms with E-state index in [0.717, 1.165) is 68.8 Å². The Morgan fingerprint density at radius 2 is 1.80 bits per heavy atom. The Hall–Kier alpha value is -2.78. The highest BCUT2D eigenvalue weighted by Gasteiger charge is 2.43. The smallest absolute Gasteiger partial charge is 0.283 e. The summed E-state index contributed by atoms with van der Waals surface area (Å²) in [7, 11) is -8.01. The first-order chi connectivity index (χ1) is 23.5. The number of allylic oxidation sites excluding steroid dienone is 2. The first kappa shape index (κ1) is 36.0. The molecule has 1 atom stereocenters. The van der Waals surface area contributed by atoms with E-state index in [-0.39, 0.29) is 22.7 Å². The highest BCUT2D eigenvalue weighted by Crippen LogP contribution is 2.50. The van der Waals surface area contributed by atoms with Gasteiger partial charge in [-0.15, -0.1) is 0 Å². The average Bonchev–Trinajstić information content (AvgIpc) is 3.59. The lowest BCUT2D eigenvalue weighted by molar-refractivity contribution is -0.667. The molecule has 1 aliphatic carbocycles. The van der Waals surface area contributed by atoms with Gasteiger partial charge in [0.2, 0.25) is 5.52 Å². The lowest BCUT2D eigenvalue weighted by Gasteiger charge is -2.33. The number of hydroxylamine groups is 1. The quantitative estimate of drug-likeness (QED) is 0.0923. The number of thioether (sulfide) groups is 1. The molecule has 4 aromatic rings. The van der Waals surface area contributed by atoms with Crippen LogP contribution >= 0.6 is 23.1 Å². The monoisotopic (exact) mass is 741 g/mol. The maximum absolute atomic E-state index is 12.5. The minimum absolute atomic E-state index is 0.0218. The van der Waals surface area contributed by atoms with Gasteiger partial charge in [-0.25, -0.2) is 8.42 Å². The zero-order chi connectivity index (χ0) is 34.6. The van der Waals surface area contributed by atoms with Gasteiger partial charge >= 0.3 is 0 Å². The van der Waals surface area contributed by atoms with Gasteiger partial charge < -0.3 is 9.45 Å². The molecule has 1 aliphatic heterocycles. The summed E-state index contributed by atoms with van der Waals surface area (Å²) >= 11 is 3.57. The zero-order valence-corrected chi connectivity index (χ0v) is 31.2. The predicted molar refractivity (Wildman–Crippen MR) is 199 cm³/mol. The van der Waals surface area contributed by atoms with Crippen molar-refractivity contribution in [1.82, 2.24) is 10.4 Å². The second kappa shape index (κ2) is 15.2. The van der Waals surface area contributed by atoms with Gasteiger partial charge in [0.1, 0.15) is 4.70 Å². The summed E-state index contributed by atoms with van der Waals surface area (Å²) in [5.74, 6) is -0.488. The van der Waals surface area contributed by atoms with Gasteiger partial charge in [0, 0.05) is 42.6 Å². The van der Waals surface area contributed by atoms with Crippen LogP contribution in [0.3, 0.4) is 0 Å². The SMILES string of the molecule is CCNOS(=O)(=O)CCC[n+]1c(/C=C(/C=C2\SC3(CCc4ccccc4C3)CN2CCCS(=O)(=O)[O-])CC)sc2ccc3ccccc3c21. The third-order valence-electron chi connectivity index (χ3n) is 9.16. The van der Waals surface area contributed by atoms with Crippen molar-refractivity contribution in [3.8, 4) is 0 Å². The molecule has 262 valence electrons. The number of rotatable bonds is 14. The molecule has 1 unspecified atom stereocenters. The second-order valence-electron chi connectivity index (χ2n) is 12.7. The first-order valence-corrected chi connectivity index (χ1v) is 21.6. The Labute approximate surface area is 297 Å². The molecule has 13 heteroatoms. The molecule has 1 spiro atoms. The Kier molecular flexibility index (Phi) is 11.2. The van der Waals surface area contributed by atoms with Gasteiger partial charge in [-0.2, -0.15) is 22.7 Å². The van der Waals surface area contributed by atoms with Gasteiger partial charge in [-0.3, -0.25) is 0 Å². The number of thiazole rings is 1. The number of nitrogens with zero attached hydrogens (tertiary/aromatic N) is 2. The normalized spacial score (nSPS) is 19.4. The van der Waals surface area contributed by atoms with E-state index in [1.807, 2.05) is 23.9 Å². The van der Waals surface area contributed by atoms with Gasteiger partial charge in [0.05, 0.1) is 26.3 Å². The molecule has 9 nitrogen and oxygen atoms in total. The Morgan fingerprint density at radius 3 is 2.57 bits per heavy atom. The summed E-state index contributed by atoms with van der Waals surface area (Å²) in [4.78, 5) is 2.27. The average molecular weight is 742 g/mol. The number of aryl methyl sites for hydroxylation is 2. The van der Waals surface area contributed by atoms with E-state index in [1.54, 1.807) is 18.3 Å². The van der Waals surface area contributed by atoms with Crippen molar-refractivity contribution in [2.75, 3.05) is 31.1 Å². The van der Waals surface area contributed by atoms with Crippen LogP contribution in [0.15, 0.2) is 77.3 Å². The van der Waals surface area contributed by atoms with Crippen molar-refractivity contribution >= 4 is 70.4 Å². The van der Waals surface area contributed by atoms with Crippen LogP contribution in [-0.2, 0) is 43.9 Å². The molecule has 0 amide bonds. The van der Waals surface area contributed by atoms with Crippen LogP contribution in [0.4, 0.5) is 0 Å². The van der Waals surface area contributed by atoms with E-state index < -0.39 is 20.2 Å². The lowest BCUT2D eigenvalue weighted by atomic mass is 9.83. The fraction of sp³-hybridized carbons (Fsp3) is 0.417. The number of fused-ring (bicyclic) bond motifs is 4. The van der Waals surface area contributed by atoms with E-state index >= 15 is 0 Å². The summed E-state index contributed by atoms with van der Waals surface area (Å²) in [5.41, 5.74) is 7.42. The Balaban J connectivity index is 1.35. The fourth-order valence-corrected chi connectivity index (χ4v) is 11.0. The largest absolute Gasteiger partial charge is 0.748 e. The van der Waals surface area contributed by atoms with E-state index in [1.165, 1.54) is 11.1 Å². The van der Waals surface area contributed by atoms with Crippen LogP contribution in [0.5, 0.6) is 0 Å². The van der Waals surface area contributed by atoms with Crippen LogP contribution in [0, 0.1) is 0 Å². The van der Waals surface area contributed by atoms with Gasteiger partial charge in [0.25, 0.3) is 15.1 Å². The molecule has 2 aliphatic rings. The lowest BCUT2D eigenvalue weighted by Crippen LogP contribution is -2.37. The molecule has 2 heterocycles. The highest BCUT2D eigenvalue weighted by molar-refractivity contribution is 8.04. The van der Waals surface area contributed by atoms with Crippen LogP contribution in [0.1, 0.15) is 55.7 Å². The molecule has 3 aromatic carbocycles. The summed E-state index contributed by atoms with van der Waals surface area (Å²) in [5, 5.41) is 4.36. The molecule has 0 saturated carbocycles. The van der Waals surface area contributed by atoms with Crippen molar-refractivity contribution in [2.45, 2.75) is 63.7 Å². The van der Waals surface area contributed by atoms with E-state index in [2.05, 4.69) is 82.6 Å². The topological polar surface area (TPSA) is 120 Å². The van der Waals surface area contributed by atoms with Crippen LogP contribution in [0.2, 0.25) is 0 Å². The summed E-state index contributed by atoms with van der Waals surface area (Å²) < 4.78 is 67.6. The second-order valence-corrected chi connectivity index (χ2v) is 18.5. The summed E-state index contributed by atoms with van der Waals surface area (Å²) in [6, 6.07) is 21.1. The Morgan fingerprint density at radius 1 is 1.02 bits per heavy atom.